The molecule has 9 nitrogen and oxygen atoms in total. The number of carbonyl (C=O) groups excluding carboxylic acids is 1. The summed E-state index contributed by atoms with van der Waals surface area (Å²) in [5, 5.41) is 44.8. The molecule has 0 saturated carbocycles. The van der Waals surface area contributed by atoms with Gasteiger partial charge < -0.3 is 0 Å². The minimum atomic E-state index is -5.29. The first-order valence-corrected chi connectivity index (χ1v) is 8.71. The summed E-state index contributed by atoms with van der Waals surface area (Å²) in [5.74, 6) is 0. The molecule has 4 atom stereocenters. The van der Waals surface area contributed by atoms with E-state index in [9.17, 15) is 22.0 Å². The van der Waals surface area contributed by atoms with Crippen LogP contribution >= 0.6 is 0 Å². The van der Waals surface area contributed by atoms with Gasteiger partial charge >= 0.3 is 98.2 Å². The molecule has 0 radical (unpaired) electrons. The van der Waals surface area contributed by atoms with E-state index in [0.29, 0.717) is 0 Å². The molecule has 0 aromatic carbocycles. The Hall–Kier alpha value is -0.394. The van der Waals surface area contributed by atoms with Crippen LogP contribution in [0.25, 0.3) is 0 Å². The molecule has 5 N–H and O–H groups in total. The molecule has 0 heterocycles. The number of carbonyl (C=O) groups is 1. The molecule has 0 bridgehead atoms. The molecule has 11 heteroatoms. The zero-order chi connectivity index (χ0) is 13.8. The molecule has 0 fully saturated rings. The molecule has 0 aliphatic rings. The molecule has 0 amide bonds. The molecule has 0 aromatic rings. The van der Waals surface area contributed by atoms with Gasteiger partial charge in [0.15, 0.2) is 0 Å². The van der Waals surface area contributed by atoms with Crippen molar-refractivity contribution in [2.24, 2.45) is 0 Å². The van der Waals surface area contributed by atoms with Gasteiger partial charge in [0.05, 0.1) is 0 Å². The summed E-state index contributed by atoms with van der Waals surface area (Å²) in [6.07, 6.45) is -8.83. The van der Waals surface area contributed by atoms with Gasteiger partial charge in [-0.2, -0.15) is 0 Å². The predicted octanol–water partition coefficient (Wildman–Crippen LogP) is -4.51. The second-order valence-corrected chi connectivity index (χ2v) is 8.61. The Morgan fingerprint density at radius 2 is 1.59 bits per heavy atom. The number of rotatable bonds is 7. The molecule has 0 rings (SSSR count). The van der Waals surface area contributed by atoms with Gasteiger partial charge in [0.1, 0.15) is 0 Å². The Labute approximate surface area is 98.7 Å². The average Bonchev–Trinajstić information content (AvgIpc) is 2.33. The zero-order valence-electron chi connectivity index (χ0n) is 8.34. The van der Waals surface area contributed by atoms with Crippen molar-refractivity contribution in [3.05, 3.63) is 0 Å². The molecular formula is C6H12MnO9Si. The summed E-state index contributed by atoms with van der Waals surface area (Å²) in [7, 11) is -2.48. The maximum atomic E-state index is 11.0. The molecule has 0 saturated heterocycles. The quantitative estimate of drug-likeness (QED) is 0.291. The molecule has 0 aliphatic heterocycles. The average molecular weight is 311 g/mol. The fourth-order valence-electron chi connectivity index (χ4n) is 0.856. The molecule has 101 valence electrons. The van der Waals surface area contributed by atoms with E-state index in [2.05, 4.69) is 0 Å². The van der Waals surface area contributed by atoms with E-state index in [-0.39, 0.29) is 0 Å². The third-order valence-electron chi connectivity index (χ3n) is 1.86. The van der Waals surface area contributed by atoms with Crippen LogP contribution in [0.5, 0.6) is 0 Å². The van der Waals surface area contributed by atoms with Crippen molar-refractivity contribution in [1.29, 1.82) is 0 Å². The van der Waals surface area contributed by atoms with Crippen molar-refractivity contribution in [3.8, 4) is 0 Å². The van der Waals surface area contributed by atoms with Gasteiger partial charge in [-0.15, -0.1) is 0 Å². The van der Waals surface area contributed by atoms with E-state index in [0.717, 1.165) is 0 Å². The van der Waals surface area contributed by atoms with Crippen molar-refractivity contribution >= 4 is 12.7 Å². The third-order valence-corrected chi connectivity index (χ3v) is 5.24. The number of hydrogen-bond donors (Lipinski definition) is 5. The fraction of sp³-hybridized carbons (Fsp3) is 0.833. The first-order valence-electron chi connectivity index (χ1n) is 4.20. The van der Waals surface area contributed by atoms with E-state index in [4.69, 9.17) is 20.4 Å². The summed E-state index contributed by atoms with van der Waals surface area (Å²) >= 11 is -5.29. The molecule has 17 heavy (non-hydrogen) atoms. The summed E-state index contributed by atoms with van der Waals surface area (Å²) in [5.41, 5.74) is 0. The topological polar surface area (TPSA) is 169 Å². The van der Waals surface area contributed by atoms with E-state index >= 15 is 0 Å². The second-order valence-electron chi connectivity index (χ2n) is 3.07. The van der Waals surface area contributed by atoms with Crippen LogP contribution in [-0.4, -0.2) is 69.2 Å². The zero-order valence-corrected chi connectivity index (χ0v) is 10.7. The van der Waals surface area contributed by atoms with Crippen molar-refractivity contribution in [3.63, 3.8) is 0 Å². The van der Waals surface area contributed by atoms with Crippen molar-refractivity contribution in [2.75, 3.05) is 6.61 Å². The normalized spacial score (nSPS) is 19.1. The van der Waals surface area contributed by atoms with Gasteiger partial charge in [0.2, 0.25) is 0 Å². The van der Waals surface area contributed by atoms with Gasteiger partial charge in [-0.25, -0.2) is 0 Å². The SMILES string of the molecule is O=[SiH][Mn](=[O])(=[O])[C](=O)[C@H](O)[C@@H](O)[C@H](O)[C@H](O)CO. The summed E-state index contributed by atoms with van der Waals surface area (Å²) in [4.78, 5) is 11.0. The van der Waals surface area contributed by atoms with Crippen LogP contribution in [0, 0.1) is 0 Å². The van der Waals surface area contributed by atoms with Crippen LogP contribution in [0.15, 0.2) is 0 Å². The predicted molar refractivity (Wildman–Crippen MR) is 45.3 cm³/mol. The van der Waals surface area contributed by atoms with Crippen LogP contribution in [0.1, 0.15) is 0 Å². The van der Waals surface area contributed by atoms with E-state index < -0.39 is 55.8 Å². The Balaban J connectivity index is 4.89. The van der Waals surface area contributed by atoms with Gasteiger partial charge in [-0.3, -0.25) is 0 Å². The van der Waals surface area contributed by atoms with Crippen molar-refractivity contribution in [2.45, 2.75) is 24.4 Å². The number of aliphatic hydroxyl groups is 5. The third kappa shape index (κ3) is 4.08. The minimum absolute atomic E-state index is 0.969. The van der Waals surface area contributed by atoms with Gasteiger partial charge in [0.25, 0.3) is 0 Å². The Morgan fingerprint density at radius 3 is 1.94 bits per heavy atom. The van der Waals surface area contributed by atoms with Crippen molar-refractivity contribution < 1.29 is 54.5 Å². The van der Waals surface area contributed by atoms with Crippen LogP contribution in [-0.2, 0) is 29.0 Å². The molecular weight excluding hydrogens is 299 g/mol. The molecule has 0 unspecified atom stereocenters. The number of aliphatic hydroxyl groups excluding tert-OH is 5. The van der Waals surface area contributed by atoms with Gasteiger partial charge in [-0.1, -0.05) is 0 Å². The Bertz CT molecular complexity index is 379. The Morgan fingerprint density at radius 1 is 1.12 bits per heavy atom. The van der Waals surface area contributed by atoms with Crippen LogP contribution in [0.3, 0.4) is 0 Å². The van der Waals surface area contributed by atoms with Gasteiger partial charge in [0, 0.05) is 0 Å². The van der Waals surface area contributed by atoms with E-state index in [1.165, 1.54) is 0 Å². The second kappa shape index (κ2) is 6.52. The molecule has 0 aromatic heterocycles. The molecule has 0 aliphatic carbocycles. The maximum absolute atomic E-state index is 11.0. The van der Waals surface area contributed by atoms with Gasteiger partial charge in [-0.05, 0) is 0 Å². The summed E-state index contributed by atoms with van der Waals surface area (Å²) < 4.78 is 30.1. The van der Waals surface area contributed by atoms with E-state index in [1.54, 1.807) is 0 Å². The first-order chi connectivity index (χ1) is 7.68. The standard InChI is InChI=1S/C6H11O6.Mn.HOSi.2O/c7-1-3(9)5(11)6(12)4(10)2-8;;1-2;;/h3-7,9-12H,1H2;;2H;;/t3-,4+,5-,6-;;;;/m1..../s1. The van der Waals surface area contributed by atoms with Crippen molar-refractivity contribution in [1.82, 2.24) is 0 Å². The monoisotopic (exact) mass is 311 g/mol. The fourth-order valence-corrected chi connectivity index (χ4v) is 2.58. The molecule has 0 spiro atoms. The Kier molecular flexibility index (Phi) is 6.36. The summed E-state index contributed by atoms with van der Waals surface area (Å²) in [6.45, 7) is -0.969. The van der Waals surface area contributed by atoms with Crippen LogP contribution < -0.4 is 0 Å². The first kappa shape index (κ1) is 16.6. The number of hydrogen-bond acceptors (Lipinski definition) is 9. The van der Waals surface area contributed by atoms with E-state index in [1.807, 2.05) is 0 Å². The van der Waals surface area contributed by atoms with Crippen LogP contribution in [0.4, 0.5) is 0 Å². The summed E-state index contributed by atoms with van der Waals surface area (Å²) in [6, 6.07) is 0. The van der Waals surface area contributed by atoms with Crippen LogP contribution in [0.2, 0.25) is 0 Å².